The Labute approximate surface area is 132 Å². The fourth-order valence-corrected chi connectivity index (χ4v) is 2.28. The predicted molar refractivity (Wildman–Crippen MR) is 89.5 cm³/mol. The monoisotopic (exact) mass is 305 g/mol. The Morgan fingerprint density at radius 2 is 1.59 bits per heavy atom. The van der Waals surface area contributed by atoms with Gasteiger partial charge in [0.1, 0.15) is 5.78 Å². The number of Topliss-reactive ketones (excluding diaryl/α,β-unsaturated/α-hetero) is 1. The fourth-order valence-electron chi connectivity index (χ4n) is 2.28. The third-order valence-corrected chi connectivity index (χ3v) is 3.65. The molecule has 0 aliphatic rings. The summed E-state index contributed by atoms with van der Waals surface area (Å²) >= 11 is 0. The van der Waals surface area contributed by atoms with E-state index in [1.165, 1.54) is 0 Å². The highest BCUT2D eigenvalue weighted by atomic mass is 16.4. The largest absolute Gasteiger partial charge is 0.478 e. The van der Waals surface area contributed by atoms with Crippen molar-refractivity contribution in [1.82, 2.24) is 0 Å². The number of hydrogen-bond acceptors (Lipinski definition) is 3. The maximum absolute atomic E-state index is 11.6. The summed E-state index contributed by atoms with van der Waals surface area (Å²) < 4.78 is 0. The van der Waals surface area contributed by atoms with Crippen molar-refractivity contribution in [2.75, 3.05) is 11.9 Å². The summed E-state index contributed by atoms with van der Waals surface area (Å²) in [7, 11) is 0. The molecule has 1 aromatic rings. The number of carboxylic acids is 1. The molecule has 0 aliphatic carbocycles. The molecule has 0 aliphatic heterocycles. The summed E-state index contributed by atoms with van der Waals surface area (Å²) in [4.78, 5) is 22.3. The smallest absolute Gasteiger partial charge is 0.335 e. The molecule has 4 heteroatoms. The molecule has 0 bridgehead atoms. The summed E-state index contributed by atoms with van der Waals surface area (Å²) in [6.45, 7) is 2.99. The van der Waals surface area contributed by atoms with Crippen LogP contribution in [-0.4, -0.2) is 23.4 Å². The van der Waals surface area contributed by atoms with Gasteiger partial charge < -0.3 is 10.4 Å². The molecule has 4 nitrogen and oxygen atoms in total. The molecule has 0 saturated carbocycles. The van der Waals surface area contributed by atoms with Crippen LogP contribution in [0.1, 0.15) is 68.6 Å². The van der Waals surface area contributed by atoms with Gasteiger partial charge in [-0.3, -0.25) is 4.79 Å². The minimum absolute atomic E-state index is 0.298. The highest BCUT2D eigenvalue weighted by molar-refractivity contribution is 5.87. The van der Waals surface area contributed by atoms with Crippen LogP contribution in [0.2, 0.25) is 0 Å². The molecule has 0 amide bonds. The zero-order valence-electron chi connectivity index (χ0n) is 13.4. The van der Waals surface area contributed by atoms with Crippen LogP contribution in [0.25, 0.3) is 0 Å². The quantitative estimate of drug-likeness (QED) is 0.558. The molecule has 1 aromatic carbocycles. The summed E-state index contributed by atoms with van der Waals surface area (Å²) in [5.74, 6) is -0.513. The number of nitrogens with one attached hydrogen (secondary N) is 1. The first-order valence-corrected chi connectivity index (χ1v) is 8.22. The molecule has 0 radical (unpaired) electrons. The maximum Gasteiger partial charge on any atom is 0.335 e. The predicted octanol–water partition coefficient (Wildman–Crippen LogP) is 4.51. The average Bonchev–Trinajstić information content (AvgIpc) is 2.51. The van der Waals surface area contributed by atoms with E-state index in [1.54, 1.807) is 24.3 Å². The third-order valence-electron chi connectivity index (χ3n) is 3.65. The lowest BCUT2D eigenvalue weighted by atomic mass is 10.1. The Morgan fingerprint density at radius 1 is 0.955 bits per heavy atom. The molecule has 0 heterocycles. The van der Waals surface area contributed by atoms with Crippen LogP contribution in [0.3, 0.4) is 0 Å². The van der Waals surface area contributed by atoms with Gasteiger partial charge in [-0.1, -0.05) is 26.2 Å². The van der Waals surface area contributed by atoms with Crippen molar-refractivity contribution in [1.29, 1.82) is 0 Å². The summed E-state index contributed by atoms with van der Waals surface area (Å²) in [5.41, 5.74) is 1.23. The molecule has 0 unspecified atom stereocenters. The standard InChI is InChI=1S/C18H27NO3/c1-2-3-5-8-17(20)9-6-4-7-14-19-16-12-10-15(11-13-16)18(21)22/h10-13,19H,2-9,14H2,1H3,(H,21,22). The van der Waals surface area contributed by atoms with E-state index in [0.717, 1.165) is 57.2 Å². The molecule has 0 aromatic heterocycles. The second kappa shape index (κ2) is 10.8. The van der Waals surface area contributed by atoms with Gasteiger partial charge in [0.05, 0.1) is 5.56 Å². The number of hydrogen-bond donors (Lipinski definition) is 2. The van der Waals surface area contributed by atoms with Crippen LogP contribution in [0.4, 0.5) is 5.69 Å². The first-order valence-electron chi connectivity index (χ1n) is 8.22. The first kappa shape index (κ1) is 18.2. The van der Waals surface area contributed by atoms with Crippen LogP contribution in [0, 0.1) is 0 Å². The number of carbonyl (C=O) groups excluding carboxylic acids is 1. The van der Waals surface area contributed by atoms with Gasteiger partial charge in [0.2, 0.25) is 0 Å². The average molecular weight is 305 g/mol. The topological polar surface area (TPSA) is 66.4 Å². The first-order chi connectivity index (χ1) is 10.6. The Balaban J connectivity index is 2.05. The van der Waals surface area contributed by atoms with Crippen molar-refractivity contribution < 1.29 is 14.7 Å². The molecule has 1 rings (SSSR count). The van der Waals surface area contributed by atoms with Crippen molar-refractivity contribution >= 4 is 17.4 Å². The maximum atomic E-state index is 11.6. The number of benzene rings is 1. The van der Waals surface area contributed by atoms with Gasteiger partial charge in [-0.15, -0.1) is 0 Å². The zero-order valence-corrected chi connectivity index (χ0v) is 13.4. The number of ketones is 1. The number of rotatable bonds is 12. The fraction of sp³-hybridized carbons (Fsp3) is 0.556. The van der Waals surface area contributed by atoms with Crippen molar-refractivity contribution in [3.63, 3.8) is 0 Å². The summed E-state index contributed by atoms with van der Waals surface area (Å²) in [5, 5.41) is 12.1. The van der Waals surface area contributed by atoms with Gasteiger partial charge in [0.25, 0.3) is 0 Å². The number of aromatic carboxylic acids is 1. The highest BCUT2D eigenvalue weighted by Crippen LogP contribution is 2.11. The number of carbonyl (C=O) groups is 2. The molecular formula is C18H27NO3. The van der Waals surface area contributed by atoms with E-state index in [4.69, 9.17) is 5.11 Å². The van der Waals surface area contributed by atoms with E-state index >= 15 is 0 Å². The third kappa shape index (κ3) is 7.81. The van der Waals surface area contributed by atoms with E-state index in [1.807, 2.05) is 0 Å². The Hall–Kier alpha value is -1.84. The van der Waals surface area contributed by atoms with Crippen LogP contribution < -0.4 is 5.32 Å². The van der Waals surface area contributed by atoms with Crippen molar-refractivity contribution in [3.05, 3.63) is 29.8 Å². The van der Waals surface area contributed by atoms with E-state index in [-0.39, 0.29) is 0 Å². The van der Waals surface area contributed by atoms with Crippen LogP contribution in [-0.2, 0) is 4.79 Å². The molecule has 2 N–H and O–H groups in total. The lowest BCUT2D eigenvalue weighted by Gasteiger charge is -2.06. The van der Waals surface area contributed by atoms with Crippen molar-refractivity contribution in [2.45, 2.75) is 58.3 Å². The normalized spacial score (nSPS) is 10.4. The molecule has 22 heavy (non-hydrogen) atoms. The van der Waals surface area contributed by atoms with E-state index < -0.39 is 5.97 Å². The number of unbranched alkanes of at least 4 members (excludes halogenated alkanes) is 4. The van der Waals surface area contributed by atoms with E-state index in [9.17, 15) is 9.59 Å². The Morgan fingerprint density at radius 3 is 2.18 bits per heavy atom. The lowest BCUT2D eigenvalue weighted by molar-refractivity contribution is -0.119. The summed E-state index contributed by atoms with van der Waals surface area (Å²) in [6.07, 6.45) is 7.80. The second-order valence-electron chi connectivity index (χ2n) is 5.62. The van der Waals surface area contributed by atoms with Crippen LogP contribution in [0.5, 0.6) is 0 Å². The molecule has 0 spiro atoms. The SMILES string of the molecule is CCCCCC(=O)CCCCCNc1ccc(C(=O)O)cc1. The molecule has 0 atom stereocenters. The van der Waals surface area contributed by atoms with E-state index in [2.05, 4.69) is 12.2 Å². The van der Waals surface area contributed by atoms with Gasteiger partial charge in [-0.25, -0.2) is 4.79 Å². The minimum Gasteiger partial charge on any atom is -0.478 e. The highest BCUT2D eigenvalue weighted by Gasteiger charge is 2.02. The minimum atomic E-state index is -0.907. The van der Waals surface area contributed by atoms with E-state index in [0.29, 0.717) is 17.8 Å². The number of anilines is 1. The van der Waals surface area contributed by atoms with Gasteiger partial charge in [0.15, 0.2) is 0 Å². The van der Waals surface area contributed by atoms with Gasteiger partial charge in [-0.2, -0.15) is 0 Å². The van der Waals surface area contributed by atoms with Crippen LogP contribution in [0.15, 0.2) is 24.3 Å². The number of carboxylic acid groups (broad SMARTS) is 1. The molecule has 122 valence electrons. The lowest BCUT2D eigenvalue weighted by Crippen LogP contribution is -2.03. The second-order valence-corrected chi connectivity index (χ2v) is 5.62. The van der Waals surface area contributed by atoms with Gasteiger partial charge in [0, 0.05) is 25.1 Å². The molecule has 0 fully saturated rings. The van der Waals surface area contributed by atoms with Gasteiger partial charge in [-0.05, 0) is 43.5 Å². The zero-order chi connectivity index (χ0) is 16.2. The Kier molecular flexibility index (Phi) is 8.96. The van der Waals surface area contributed by atoms with Crippen molar-refractivity contribution in [3.8, 4) is 0 Å². The van der Waals surface area contributed by atoms with Crippen LogP contribution >= 0.6 is 0 Å². The van der Waals surface area contributed by atoms with Crippen molar-refractivity contribution in [2.24, 2.45) is 0 Å². The Bertz CT molecular complexity index is 454. The van der Waals surface area contributed by atoms with Gasteiger partial charge >= 0.3 is 5.97 Å². The summed E-state index contributed by atoms with van der Waals surface area (Å²) in [6, 6.07) is 6.75. The molecular weight excluding hydrogens is 278 g/mol. The molecule has 0 saturated heterocycles.